The van der Waals surface area contributed by atoms with Crippen molar-refractivity contribution in [1.29, 1.82) is 0 Å². The number of nitrogens with two attached hydrogens (primary N) is 1. The van der Waals surface area contributed by atoms with Crippen LogP contribution in [0, 0.1) is 24.1 Å². The van der Waals surface area contributed by atoms with Gasteiger partial charge in [-0.1, -0.05) is 92.4 Å². The van der Waals surface area contributed by atoms with E-state index in [-0.39, 0.29) is 17.5 Å². The van der Waals surface area contributed by atoms with Crippen molar-refractivity contribution >= 4 is 18.6 Å². The molecule has 2 nitrogen and oxygen atoms in total. The Morgan fingerprint density at radius 2 is 1.66 bits per heavy atom. The number of hydrogen-bond acceptors (Lipinski definition) is 3. The molecule has 0 spiro atoms. The molecule has 2 unspecified atom stereocenters. The standard InChI is InChI=1S/C20H29FO.C6H14.C2H6.H3NS/c1-5-9-18(17(4)22)11-8-6-7-10-15(2)19-12-13-20(21)16(3)14-19;1-5-6(2,3)4;2*1-2/h5,12-15,18H,1,6-11H2,2-4H3;5H2,1-4H3;1-2H3;2H,1H2. The number of thiol groups is 1. The third kappa shape index (κ3) is 19.5. The molecule has 0 heterocycles. The predicted molar refractivity (Wildman–Crippen MR) is 146 cm³/mol. The van der Waals surface area contributed by atoms with Gasteiger partial charge in [0.2, 0.25) is 0 Å². The van der Waals surface area contributed by atoms with Crippen LogP contribution in [0.1, 0.15) is 117 Å². The maximum atomic E-state index is 13.3. The Kier molecular flexibility index (Phi) is 24.0. The lowest BCUT2D eigenvalue weighted by atomic mass is 9.91. The van der Waals surface area contributed by atoms with E-state index in [0.717, 1.165) is 44.1 Å². The number of carbonyl (C=O) groups excluding carboxylic acids is 1. The minimum atomic E-state index is -0.131. The number of rotatable bonds is 10. The van der Waals surface area contributed by atoms with Crippen LogP contribution < -0.4 is 5.14 Å². The van der Waals surface area contributed by atoms with Crippen LogP contribution in [0.25, 0.3) is 0 Å². The van der Waals surface area contributed by atoms with E-state index in [2.05, 4.69) is 59.2 Å². The molecule has 0 fully saturated rings. The largest absolute Gasteiger partial charge is 0.300 e. The fourth-order valence-corrected chi connectivity index (χ4v) is 2.85. The summed E-state index contributed by atoms with van der Waals surface area (Å²) in [5.41, 5.74) is 2.48. The molecule has 0 radical (unpaired) electrons. The number of ketones is 1. The Balaban J connectivity index is -0.000000713. The number of allylic oxidation sites excluding steroid dienone is 1. The molecule has 4 heteroatoms. The molecule has 0 saturated heterocycles. The number of unbranched alkanes of at least 4 members (excludes halogenated alkanes) is 2. The monoisotopic (exact) mass is 469 g/mol. The van der Waals surface area contributed by atoms with Crippen LogP contribution in [0.15, 0.2) is 30.9 Å². The molecule has 32 heavy (non-hydrogen) atoms. The van der Waals surface area contributed by atoms with Crippen molar-refractivity contribution < 1.29 is 9.18 Å². The van der Waals surface area contributed by atoms with Crippen molar-refractivity contribution in [3.05, 3.63) is 47.8 Å². The summed E-state index contributed by atoms with van der Waals surface area (Å²) in [7, 11) is 0. The second kappa shape index (κ2) is 21.7. The van der Waals surface area contributed by atoms with E-state index >= 15 is 0 Å². The molecule has 0 aliphatic heterocycles. The van der Waals surface area contributed by atoms with Crippen LogP contribution in [0.2, 0.25) is 0 Å². The van der Waals surface area contributed by atoms with Gasteiger partial charge in [0.15, 0.2) is 0 Å². The molecule has 0 bridgehead atoms. The first-order chi connectivity index (χ1) is 15.0. The van der Waals surface area contributed by atoms with E-state index < -0.39 is 0 Å². The molecule has 0 saturated carbocycles. The van der Waals surface area contributed by atoms with Gasteiger partial charge in [0, 0.05) is 5.92 Å². The van der Waals surface area contributed by atoms with Crippen molar-refractivity contribution in [1.82, 2.24) is 0 Å². The van der Waals surface area contributed by atoms with E-state index in [1.807, 2.05) is 39.0 Å². The Bertz CT molecular complexity index is 596. The zero-order chi connectivity index (χ0) is 25.7. The molecule has 0 amide bonds. The van der Waals surface area contributed by atoms with Gasteiger partial charge in [-0.15, -0.1) is 19.4 Å². The fourth-order valence-electron chi connectivity index (χ4n) is 2.85. The van der Waals surface area contributed by atoms with Crippen LogP contribution in [0.3, 0.4) is 0 Å². The summed E-state index contributed by atoms with van der Waals surface area (Å²) in [5.74, 6) is 0.745. The number of benzene rings is 1. The molecule has 2 N–H and O–H groups in total. The highest BCUT2D eigenvalue weighted by Gasteiger charge is 2.12. The van der Waals surface area contributed by atoms with Gasteiger partial charge in [-0.05, 0) is 61.6 Å². The molecule has 0 aromatic heterocycles. The van der Waals surface area contributed by atoms with E-state index in [4.69, 9.17) is 0 Å². The molecule has 0 aliphatic carbocycles. The molecule has 0 aliphatic rings. The molecular weight excluding hydrogens is 417 g/mol. The predicted octanol–water partition coefficient (Wildman–Crippen LogP) is 9.23. The fraction of sp³-hybridized carbons (Fsp3) is 0.679. The first-order valence-corrected chi connectivity index (χ1v) is 12.7. The zero-order valence-corrected chi connectivity index (χ0v) is 23.3. The number of aryl methyl sites for hydroxylation is 1. The second-order valence-corrected chi connectivity index (χ2v) is 9.29. The van der Waals surface area contributed by atoms with Crippen molar-refractivity contribution in [2.75, 3.05) is 0 Å². The highest BCUT2D eigenvalue weighted by atomic mass is 32.1. The highest BCUT2D eigenvalue weighted by molar-refractivity contribution is 7.77. The quantitative estimate of drug-likeness (QED) is 0.204. The van der Waals surface area contributed by atoms with Gasteiger partial charge >= 0.3 is 0 Å². The lowest BCUT2D eigenvalue weighted by Gasteiger charge is -2.14. The van der Waals surface area contributed by atoms with E-state index in [0.29, 0.717) is 11.3 Å². The first-order valence-electron chi connectivity index (χ1n) is 12.1. The minimum absolute atomic E-state index is 0.131. The number of Topliss-reactive ketones (excluding diaryl/α,β-unsaturated/α-hetero) is 1. The third-order valence-electron chi connectivity index (χ3n) is 5.53. The van der Waals surface area contributed by atoms with Crippen molar-refractivity contribution in [3.63, 3.8) is 0 Å². The van der Waals surface area contributed by atoms with Crippen LogP contribution in [-0.2, 0) is 4.79 Å². The number of carbonyl (C=O) groups is 1. The second-order valence-electron chi connectivity index (χ2n) is 9.29. The molecule has 1 rings (SSSR count). The molecular formula is C28H52FNOS. The topological polar surface area (TPSA) is 43.1 Å². The van der Waals surface area contributed by atoms with Gasteiger partial charge in [-0.2, -0.15) is 0 Å². The average Bonchev–Trinajstić information content (AvgIpc) is 2.77. The average molecular weight is 470 g/mol. The smallest absolute Gasteiger partial charge is 0.133 e. The highest BCUT2D eigenvalue weighted by Crippen LogP contribution is 2.24. The van der Waals surface area contributed by atoms with Crippen LogP contribution in [-0.4, -0.2) is 5.78 Å². The molecule has 2 atom stereocenters. The molecule has 1 aromatic rings. The lowest BCUT2D eigenvalue weighted by molar-refractivity contribution is -0.120. The number of halogens is 1. The maximum Gasteiger partial charge on any atom is 0.133 e. The maximum absolute atomic E-state index is 13.3. The Labute approximate surface area is 205 Å². The van der Waals surface area contributed by atoms with Crippen LogP contribution in [0.4, 0.5) is 4.39 Å². The Hall–Kier alpha value is -1.13. The lowest BCUT2D eigenvalue weighted by Crippen LogP contribution is -2.09. The van der Waals surface area contributed by atoms with Crippen LogP contribution >= 0.6 is 12.8 Å². The normalized spacial score (nSPS) is 12.0. The van der Waals surface area contributed by atoms with Gasteiger partial charge in [-0.25, -0.2) is 4.39 Å². The van der Waals surface area contributed by atoms with Crippen molar-refractivity contribution in [3.8, 4) is 0 Å². The summed E-state index contributed by atoms with van der Waals surface area (Å²) >= 11 is 3.03. The van der Waals surface area contributed by atoms with Gasteiger partial charge in [0.25, 0.3) is 0 Å². The summed E-state index contributed by atoms with van der Waals surface area (Å²) < 4.78 is 13.3. The molecule has 188 valence electrons. The van der Waals surface area contributed by atoms with Crippen molar-refractivity contribution in [2.45, 2.75) is 113 Å². The summed E-state index contributed by atoms with van der Waals surface area (Å²) in [4.78, 5) is 11.5. The van der Waals surface area contributed by atoms with Gasteiger partial charge in [-0.3, -0.25) is 9.93 Å². The van der Waals surface area contributed by atoms with Crippen molar-refractivity contribution in [2.24, 2.45) is 16.5 Å². The first kappa shape index (κ1) is 35.5. The van der Waals surface area contributed by atoms with E-state index in [9.17, 15) is 9.18 Å². The van der Waals surface area contributed by atoms with E-state index in [1.54, 1.807) is 13.0 Å². The number of hydrogen-bond donors (Lipinski definition) is 2. The van der Waals surface area contributed by atoms with Gasteiger partial charge < -0.3 is 0 Å². The third-order valence-corrected chi connectivity index (χ3v) is 5.53. The van der Waals surface area contributed by atoms with E-state index in [1.165, 1.54) is 12.0 Å². The SMILES string of the molecule is C=CCC(CCCCCC(C)c1ccc(F)c(C)c1)C(C)=O.CC.CCC(C)(C)C.NS. The Morgan fingerprint density at radius 1 is 1.16 bits per heavy atom. The summed E-state index contributed by atoms with van der Waals surface area (Å²) in [6, 6.07) is 5.41. The minimum Gasteiger partial charge on any atom is -0.300 e. The summed E-state index contributed by atoms with van der Waals surface area (Å²) in [6.07, 6.45) is 9.36. The van der Waals surface area contributed by atoms with Crippen LogP contribution in [0.5, 0.6) is 0 Å². The molecule has 1 aromatic carbocycles. The zero-order valence-electron chi connectivity index (χ0n) is 22.4. The van der Waals surface area contributed by atoms with Gasteiger partial charge in [0.05, 0.1) is 0 Å². The summed E-state index contributed by atoms with van der Waals surface area (Å²) in [5, 5.41) is 4.19. The Morgan fingerprint density at radius 3 is 2.06 bits per heavy atom. The van der Waals surface area contributed by atoms with Gasteiger partial charge in [0.1, 0.15) is 11.6 Å². The summed E-state index contributed by atoms with van der Waals surface area (Å²) in [6.45, 7) is 22.3.